The molecule has 1 atom stereocenters. The van der Waals surface area contributed by atoms with Crippen LogP contribution >= 0.6 is 45.2 Å². The summed E-state index contributed by atoms with van der Waals surface area (Å²) >= 11 is 2.73. The van der Waals surface area contributed by atoms with Gasteiger partial charge in [0.25, 0.3) is 0 Å². The number of aromatic hydroxyl groups is 1. The molecule has 2 N–H and O–H groups in total. The number of phenolic OH excluding ortho intramolecular Hbond substituents is 1. The standard InChI is InChI=1S/C15H13I2N3O4S/c16-7-23-13-3-4-18-12(14(13)24-8-17)6-25(22)15-19-10-2-1-9(21)5-11(10)20-15/h1-5,21H,6-8H2,(H,19,20). The molecule has 0 amide bonds. The van der Waals surface area contributed by atoms with Crippen LogP contribution in [0.5, 0.6) is 17.2 Å². The summed E-state index contributed by atoms with van der Waals surface area (Å²) in [7, 11) is 0. The lowest BCUT2D eigenvalue weighted by Gasteiger charge is -2.14. The predicted molar refractivity (Wildman–Crippen MR) is 111 cm³/mol. The number of halogens is 2. The molecule has 0 aliphatic carbocycles. The van der Waals surface area contributed by atoms with Crippen molar-refractivity contribution in [3.05, 3.63) is 36.2 Å². The first kappa shape index (κ1) is 18.8. The summed E-state index contributed by atoms with van der Waals surface area (Å²) in [5.74, 6) is 1.31. The first-order chi connectivity index (χ1) is 12.1. The maximum absolute atomic E-state index is 12.7. The van der Waals surface area contributed by atoms with E-state index in [0.717, 1.165) is 0 Å². The van der Waals surface area contributed by atoms with Crippen molar-refractivity contribution >= 4 is 67.4 Å². The summed E-state index contributed by atoms with van der Waals surface area (Å²) in [6, 6.07) is 6.48. The molecule has 2 heterocycles. The van der Waals surface area contributed by atoms with Gasteiger partial charge in [-0.1, -0.05) is 0 Å². The van der Waals surface area contributed by atoms with E-state index in [1.807, 2.05) is 0 Å². The van der Waals surface area contributed by atoms with Crippen molar-refractivity contribution in [1.29, 1.82) is 0 Å². The summed E-state index contributed by atoms with van der Waals surface area (Å²) < 4.78 is 24.8. The monoisotopic (exact) mass is 585 g/mol. The van der Waals surface area contributed by atoms with Gasteiger partial charge in [-0.2, -0.15) is 4.98 Å². The van der Waals surface area contributed by atoms with E-state index in [-0.39, 0.29) is 11.5 Å². The highest BCUT2D eigenvalue weighted by molar-refractivity contribution is 14.1. The molecule has 3 rings (SSSR count). The van der Waals surface area contributed by atoms with Crippen LogP contribution in [-0.2, 0) is 16.9 Å². The second kappa shape index (κ2) is 8.60. The van der Waals surface area contributed by atoms with Gasteiger partial charge in [-0.25, -0.2) is 0 Å². The molecule has 0 bridgehead atoms. The topological polar surface area (TPSA) is 103 Å². The number of hydrogen-bond donors (Lipinski definition) is 2. The second-order valence-electron chi connectivity index (χ2n) is 4.83. The SMILES string of the molecule is [O-][S+](Cc1nccc(OCI)c1OCI)c1nc2cc(O)ccc2[nH]1. The Hall–Kier alpha value is -0.990. The Morgan fingerprint density at radius 3 is 2.76 bits per heavy atom. The highest BCUT2D eigenvalue weighted by atomic mass is 127. The number of fused-ring (bicyclic) bond motifs is 1. The summed E-state index contributed by atoms with van der Waals surface area (Å²) in [5, 5.41) is 9.84. The van der Waals surface area contributed by atoms with Gasteiger partial charge in [0.2, 0.25) is 0 Å². The van der Waals surface area contributed by atoms with Crippen molar-refractivity contribution < 1.29 is 19.1 Å². The number of phenols is 1. The van der Waals surface area contributed by atoms with Crippen LogP contribution in [-0.4, -0.2) is 33.8 Å². The van der Waals surface area contributed by atoms with Gasteiger partial charge >= 0.3 is 5.16 Å². The predicted octanol–water partition coefficient (Wildman–Crippen LogP) is 3.51. The number of pyridine rings is 1. The van der Waals surface area contributed by atoms with E-state index in [1.54, 1.807) is 24.4 Å². The molecule has 7 nitrogen and oxygen atoms in total. The minimum absolute atomic E-state index is 0.111. The lowest BCUT2D eigenvalue weighted by molar-refractivity contribution is 0.341. The largest absolute Gasteiger partial charge is 0.609 e. The number of rotatable bonds is 7. The van der Waals surface area contributed by atoms with E-state index in [1.165, 1.54) is 6.07 Å². The Labute approximate surface area is 174 Å². The number of H-pyrrole nitrogens is 1. The second-order valence-corrected chi connectivity index (χ2v) is 7.44. The number of aromatic nitrogens is 3. The Balaban J connectivity index is 1.88. The van der Waals surface area contributed by atoms with Crippen LogP contribution in [0.15, 0.2) is 35.6 Å². The van der Waals surface area contributed by atoms with Gasteiger partial charge in [0, 0.05) is 29.5 Å². The Morgan fingerprint density at radius 1 is 1.20 bits per heavy atom. The molecule has 132 valence electrons. The molecule has 25 heavy (non-hydrogen) atoms. The molecule has 2 aromatic heterocycles. The van der Waals surface area contributed by atoms with E-state index in [9.17, 15) is 9.66 Å². The zero-order valence-electron chi connectivity index (χ0n) is 12.7. The highest BCUT2D eigenvalue weighted by Crippen LogP contribution is 2.32. The molecule has 3 aromatic rings. The Kier molecular flexibility index (Phi) is 6.46. The number of alkyl halides is 2. The van der Waals surface area contributed by atoms with E-state index >= 15 is 0 Å². The maximum Gasteiger partial charge on any atom is 0.322 e. The van der Waals surface area contributed by atoms with E-state index in [2.05, 4.69) is 60.1 Å². The van der Waals surface area contributed by atoms with E-state index in [0.29, 0.717) is 42.6 Å². The van der Waals surface area contributed by atoms with Gasteiger partial charge in [0.15, 0.2) is 17.3 Å². The summed E-state index contributed by atoms with van der Waals surface area (Å²) in [6.45, 7) is 0. The maximum atomic E-state index is 12.7. The molecule has 0 radical (unpaired) electrons. The van der Waals surface area contributed by atoms with Crippen molar-refractivity contribution in [1.82, 2.24) is 15.0 Å². The molecular weight excluding hydrogens is 572 g/mol. The molecular formula is C15H13I2N3O4S. The summed E-state index contributed by atoms with van der Waals surface area (Å²) in [4.78, 5) is 11.6. The van der Waals surface area contributed by atoms with Crippen molar-refractivity contribution in [2.75, 3.05) is 9.23 Å². The quantitative estimate of drug-likeness (QED) is 0.250. The van der Waals surface area contributed by atoms with Crippen molar-refractivity contribution in [3.8, 4) is 17.2 Å². The fraction of sp³-hybridized carbons (Fsp3) is 0.200. The number of ether oxygens (including phenoxy) is 2. The number of aromatic amines is 1. The van der Waals surface area contributed by atoms with Crippen molar-refractivity contribution in [2.24, 2.45) is 0 Å². The molecule has 0 fully saturated rings. The third-order valence-corrected chi connectivity index (χ3v) is 5.06. The lowest BCUT2D eigenvalue weighted by Crippen LogP contribution is -2.10. The fourth-order valence-electron chi connectivity index (χ4n) is 2.23. The number of imidazole rings is 1. The van der Waals surface area contributed by atoms with Gasteiger partial charge in [0.05, 0.1) is 11.0 Å². The zero-order chi connectivity index (χ0) is 17.8. The lowest BCUT2D eigenvalue weighted by atomic mass is 10.3. The summed E-state index contributed by atoms with van der Waals surface area (Å²) in [5.41, 5.74) is 1.81. The van der Waals surface area contributed by atoms with Gasteiger partial charge in [0.1, 0.15) is 20.7 Å². The average Bonchev–Trinajstić information content (AvgIpc) is 3.01. The van der Waals surface area contributed by atoms with Crippen molar-refractivity contribution in [2.45, 2.75) is 10.9 Å². The molecule has 1 unspecified atom stereocenters. The van der Waals surface area contributed by atoms with Crippen LogP contribution in [0.2, 0.25) is 0 Å². The van der Waals surface area contributed by atoms with E-state index < -0.39 is 11.2 Å². The van der Waals surface area contributed by atoms with Gasteiger partial charge in [-0.15, -0.1) is 0 Å². The zero-order valence-corrected chi connectivity index (χ0v) is 17.9. The first-order valence-corrected chi connectivity index (χ1v) is 11.4. The average molecular weight is 585 g/mol. The third-order valence-electron chi connectivity index (χ3n) is 3.28. The van der Waals surface area contributed by atoms with Crippen LogP contribution in [0.3, 0.4) is 0 Å². The number of hydrogen-bond acceptors (Lipinski definition) is 6. The van der Waals surface area contributed by atoms with Crippen LogP contribution in [0.1, 0.15) is 5.69 Å². The molecule has 0 aliphatic rings. The number of nitrogens with one attached hydrogen (secondary N) is 1. The molecule has 0 saturated carbocycles. The minimum atomic E-state index is -1.45. The Bertz CT molecular complexity index is 877. The third kappa shape index (κ3) is 4.41. The van der Waals surface area contributed by atoms with Crippen LogP contribution < -0.4 is 9.47 Å². The molecule has 0 aliphatic heterocycles. The van der Waals surface area contributed by atoms with E-state index in [4.69, 9.17) is 9.47 Å². The van der Waals surface area contributed by atoms with Gasteiger partial charge < -0.3 is 19.1 Å². The minimum Gasteiger partial charge on any atom is -0.609 e. The van der Waals surface area contributed by atoms with Gasteiger partial charge in [-0.05, 0) is 57.3 Å². The smallest absolute Gasteiger partial charge is 0.322 e. The normalized spacial score (nSPS) is 12.3. The van der Waals surface area contributed by atoms with Crippen LogP contribution in [0.25, 0.3) is 11.0 Å². The molecule has 10 heteroatoms. The highest BCUT2D eigenvalue weighted by Gasteiger charge is 2.23. The number of benzene rings is 1. The van der Waals surface area contributed by atoms with Crippen LogP contribution in [0, 0.1) is 0 Å². The summed E-state index contributed by atoms with van der Waals surface area (Å²) in [6.07, 6.45) is 1.60. The molecule has 0 spiro atoms. The first-order valence-electron chi connectivity index (χ1n) is 7.05. The molecule has 0 saturated heterocycles. The fourth-order valence-corrected chi connectivity index (χ4v) is 3.89. The van der Waals surface area contributed by atoms with Gasteiger partial charge in [-0.3, -0.25) is 9.97 Å². The Morgan fingerprint density at radius 2 is 2.00 bits per heavy atom. The molecule has 1 aromatic carbocycles. The number of nitrogens with zero attached hydrogens (tertiary/aromatic N) is 2. The van der Waals surface area contributed by atoms with Crippen LogP contribution in [0.4, 0.5) is 0 Å². The van der Waals surface area contributed by atoms with Crippen molar-refractivity contribution in [3.63, 3.8) is 0 Å².